The van der Waals surface area contributed by atoms with E-state index in [4.69, 9.17) is 0 Å². The fraction of sp³-hybridized carbons (Fsp3) is 0.400. The molecule has 1 aliphatic carbocycles. The number of thiophene rings is 1. The summed E-state index contributed by atoms with van der Waals surface area (Å²) in [6.07, 6.45) is 2.38. The van der Waals surface area contributed by atoms with Crippen LogP contribution in [0.2, 0.25) is 0 Å². The van der Waals surface area contributed by atoms with Gasteiger partial charge in [0.25, 0.3) is 11.6 Å². The van der Waals surface area contributed by atoms with Crippen molar-refractivity contribution in [2.24, 2.45) is 5.92 Å². The molecule has 2 aromatic rings. The predicted octanol–water partition coefficient (Wildman–Crippen LogP) is 3.68. The molecule has 0 spiro atoms. The van der Waals surface area contributed by atoms with E-state index in [-0.39, 0.29) is 17.6 Å². The number of rotatable bonds is 4. The van der Waals surface area contributed by atoms with Crippen molar-refractivity contribution in [3.63, 3.8) is 0 Å². The van der Waals surface area contributed by atoms with Crippen molar-refractivity contribution in [3.05, 3.63) is 39.3 Å². The fourth-order valence-electron chi connectivity index (χ4n) is 2.50. The lowest BCUT2D eigenvalue weighted by atomic mass is 10.2. The molecule has 0 radical (unpaired) electrons. The van der Waals surface area contributed by atoms with Gasteiger partial charge < -0.3 is 4.90 Å². The summed E-state index contributed by atoms with van der Waals surface area (Å²) in [6.45, 7) is 2.08. The summed E-state index contributed by atoms with van der Waals surface area (Å²) in [5.74, 6) is 0.618. The number of fused-ring (bicyclic) bond motifs is 1. The molecule has 1 fully saturated rings. The number of non-ortho nitro benzene ring substituents is 1. The van der Waals surface area contributed by atoms with Gasteiger partial charge in [-0.2, -0.15) is 0 Å². The van der Waals surface area contributed by atoms with Gasteiger partial charge in [-0.25, -0.2) is 0 Å². The molecule has 1 amide bonds. The third-order valence-electron chi connectivity index (χ3n) is 4.16. The zero-order valence-corrected chi connectivity index (χ0v) is 12.7. The van der Waals surface area contributed by atoms with Crippen molar-refractivity contribution in [1.29, 1.82) is 0 Å². The van der Waals surface area contributed by atoms with E-state index in [9.17, 15) is 14.9 Å². The molecular weight excluding hydrogens is 288 g/mol. The standard InChI is InChI=1S/C15H16N2O3S/c1-9(10-3-4-10)16(2)15(18)14-8-11-7-12(17(19)20)5-6-13(11)21-14/h5-10H,3-4H2,1-2H3. The third kappa shape index (κ3) is 2.63. The van der Waals surface area contributed by atoms with Crippen LogP contribution in [-0.2, 0) is 0 Å². The van der Waals surface area contributed by atoms with E-state index in [0.29, 0.717) is 10.8 Å². The van der Waals surface area contributed by atoms with Gasteiger partial charge in [-0.1, -0.05) is 0 Å². The van der Waals surface area contributed by atoms with Gasteiger partial charge in [-0.05, 0) is 37.8 Å². The van der Waals surface area contributed by atoms with E-state index in [1.165, 1.54) is 36.3 Å². The van der Waals surface area contributed by atoms with Gasteiger partial charge >= 0.3 is 0 Å². The van der Waals surface area contributed by atoms with Crippen LogP contribution in [0, 0.1) is 16.0 Å². The van der Waals surface area contributed by atoms with E-state index >= 15 is 0 Å². The van der Waals surface area contributed by atoms with E-state index in [0.717, 1.165) is 10.1 Å². The number of nitro benzene ring substituents is 1. The number of hydrogen-bond acceptors (Lipinski definition) is 4. The minimum Gasteiger partial charge on any atom is -0.338 e. The Hall–Kier alpha value is -1.95. The average Bonchev–Trinajstić information content (AvgIpc) is 3.23. The summed E-state index contributed by atoms with van der Waals surface area (Å²) in [4.78, 5) is 25.3. The number of nitro groups is 1. The Morgan fingerprint density at radius 3 is 2.76 bits per heavy atom. The molecule has 0 saturated heterocycles. The lowest BCUT2D eigenvalue weighted by molar-refractivity contribution is -0.384. The van der Waals surface area contributed by atoms with Gasteiger partial charge in [-0.3, -0.25) is 14.9 Å². The largest absolute Gasteiger partial charge is 0.338 e. The van der Waals surface area contributed by atoms with Crippen LogP contribution in [0.1, 0.15) is 29.4 Å². The van der Waals surface area contributed by atoms with Crippen molar-refractivity contribution >= 4 is 33.0 Å². The summed E-state index contributed by atoms with van der Waals surface area (Å²) in [6, 6.07) is 6.71. The molecular formula is C15H16N2O3S. The predicted molar refractivity (Wildman–Crippen MR) is 82.8 cm³/mol. The highest BCUT2D eigenvalue weighted by atomic mass is 32.1. The van der Waals surface area contributed by atoms with Crippen molar-refractivity contribution in [2.45, 2.75) is 25.8 Å². The monoisotopic (exact) mass is 304 g/mol. The Bertz CT molecular complexity index is 721. The highest BCUT2D eigenvalue weighted by molar-refractivity contribution is 7.20. The Morgan fingerprint density at radius 2 is 2.14 bits per heavy atom. The highest BCUT2D eigenvalue weighted by Crippen LogP contribution is 2.36. The van der Waals surface area contributed by atoms with E-state index in [1.54, 1.807) is 17.0 Å². The first-order valence-corrected chi connectivity index (χ1v) is 7.74. The molecule has 1 unspecified atom stereocenters. The number of carbonyl (C=O) groups excluding carboxylic acids is 1. The molecule has 0 N–H and O–H groups in total. The van der Waals surface area contributed by atoms with Crippen LogP contribution in [-0.4, -0.2) is 28.8 Å². The van der Waals surface area contributed by atoms with Gasteiger partial charge in [-0.15, -0.1) is 11.3 Å². The smallest absolute Gasteiger partial charge is 0.270 e. The molecule has 3 rings (SSSR count). The first-order chi connectivity index (χ1) is 9.97. The first-order valence-electron chi connectivity index (χ1n) is 6.92. The maximum atomic E-state index is 12.5. The van der Waals surface area contributed by atoms with Crippen LogP contribution in [0.25, 0.3) is 10.1 Å². The highest BCUT2D eigenvalue weighted by Gasteiger charge is 2.33. The normalized spacial score (nSPS) is 15.9. The number of amides is 1. The zero-order valence-electron chi connectivity index (χ0n) is 11.9. The quantitative estimate of drug-likeness (QED) is 0.639. The molecule has 1 atom stereocenters. The van der Waals surface area contributed by atoms with Gasteiger partial charge in [0.2, 0.25) is 0 Å². The summed E-state index contributed by atoms with van der Waals surface area (Å²) in [5, 5.41) is 11.6. The second-order valence-electron chi connectivity index (χ2n) is 5.58. The summed E-state index contributed by atoms with van der Waals surface area (Å²) < 4.78 is 0.899. The van der Waals surface area contributed by atoms with Crippen molar-refractivity contribution in [3.8, 4) is 0 Å². The lowest BCUT2D eigenvalue weighted by Gasteiger charge is -2.24. The maximum absolute atomic E-state index is 12.5. The van der Waals surface area contributed by atoms with Crippen LogP contribution in [0.15, 0.2) is 24.3 Å². The lowest BCUT2D eigenvalue weighted by Crippen LogP contribution is -2.35. The number of carbonyl (C=O) groups is 1. The Kier molecular flexibility index (Phi) is 3.41. The first kappa shape index (κ1) is 14.0. The van der Waals surface area contributed by atoms with Gasteiger partial charge in [0, 0.05) is 35.3 Å². The Morgan fingerprint density at radius 1 is 1.43 bits per heavy atom. The van der Waals surface area contributed by atoms with Crippen molar-refractivity contribution in [1.82, 2.24) is 4.90 Å². The summed E-state index contributed by atoms with van der Waals surface area (Å²) in [7, 11) is 1.83. The molecule has 1 aromatic heterocycles. The number of nitrogens with zero attached hydrogens (tertiary/aromatic N) is 2. The average molecular weight is 304 g/mol. The molecule has 21 heavy (non-hydrogen) atoms. The topological polar surface area (TPSA) is 63.5 Å². The van der Waals surface area contributed by atoms with E-state index in [1.807, 2.05) is 7.05 Å². The van der Waals surface area contributed by atoms with Crippen LogP contribution in [0.4, 0.5) is 5.69 Å². The fourth-order valence-corrected chi connectivity index (χ4v) is 3.53. The summed E-state index contributed by atoms with van der Waals surface area (Å²) in [5.41, 5.74) is 0.0546. The zero-order chi connectivity index (χ0) is 15.1. The van der Waals surface area contributed by atoms with Crippen molar-refractivity contribution < 1.29 is 9.72 Å². The van der Waals surface area contributed by atoms with Crippen LogP contribution in [0.3, 0.4) is 0 Å². The number of hydrogen-bond donors (Lipinski definition) is 0. The molecule has 5 nitrogen and oxygen atoms in total. The molecule has 110 valence electrons. The molecule has 1 aliphatic rings. The number of benzene rings is 1. The molecule has 6 heteroatoms. The van der Waals surface area contributed by atoms with Crippen LogP contribution < -0.4 is 0 Å². The second-order valence-corrected chi connectivity index (χ2v) is 6.67. The second kappa shape index (κ2) is 5.11. The van der Waals surface area contributed by atoms with Crippen LogP contribution >= 0.6 is 11.3 Å². The third-order valence-corrected chi connectivity index (χ3v) is 5.26. The minimum absolute atomic E-state index is 0.00162. The molecule has 0 aliphatic heterocycles. The maximum Gasteiger partial charge on any atom is 0.270 e. The van der Waals surface area contributed by atoms with Gasteiger partial charge in [0.1, 0.15) is 0 Å². The molecule has 0 bridgehead atoms. The molecule has 1 heterocycles. The minimum atomic E-state index is -0.417. The summed E-state index contributed by atoms with van der Waals surface area (Å²) >= 11 is 1.39. The Balaban J connectivity index is 1.89. The van der Waals surface area contributed by atoms with Crippen LogP contribution in [0.5, 0.6) is 0 Å². The van der Waals surface area contributed by atoms with Gasteiger partial charge in [0.15, 0.2) is 0 Å². The molecule has 1 saturated carbocycles. The van der Waals surface area contributed by atoms with E-state index in [2.05, 4.69) is 6.92 Å². The SMILES string of the molecule is CC(C1CC1)N(C)C(=O)c1cc2cc([N+](=O)[O-])ccc2s1. The van der Waals surface area contributed by atoms with Crippen molar-refractivity contribution in [2.75, 3.05) is 7.05 Å². The van der Waals surface area contributed by atoms with E-state index < -0.39 is 4.92 Å². The van der Waals surface area contributed by atoms with Gasteiger partial charge in [0.05, 0.1) is 9.80 Å². The molecule has 1 aromatic carbocycles. The Labute approximate surface area is 126 Å².